The van der Waals surface area contributed by atoms with Crippen LogP contribution < -0.4 is 10.6 Å². The average molecular weight is 370 g/mol. The van der Waals surface area contributed by atoms with E-state index in [1.165, 1.54) is 6.42 Å². The average Bonchev–Trinajstić information content (AvgIpc) is 2.87. The smallest absolute Gasteiger partial charge is 0.237 e. The van der Waals surface area contributed by atoms with Gasteiger partial charge in [0.05, 0.1) is 18.2 Å². The molecule has 2 heterocycles. The van der Waals surface area contributed by atoms with Crippen molar-refractivity contribution in [1.29, 1.82) is 0 Å². The van der Waals surface area contributed by atoms with Gasteiger partial charge in [0.25, 0.3) is 0 Å². The van der Waals surface area contributed by atoms with Crippen molar-refractivity contribution >= 4 is 30.7 Å². The Hall–Kier alpha value is -0.0700. The third-order valence-electron chi connectivity index (χ3n) is 4.43. The van der Waals surface area contributed by atoms with Gasteiger partial charge in [0, 0.05) is 25.7 Å². The van der Waals surface area contributed by atoms with E-state index in [0.29, 0.717) is 12.0 Å². The molecule has 0 aromatic heterocycles. The predicted octanol–water partition coefficient (Wildman–Crippen LogP) is 1.83. The number of carbonyl (C=O) groups excluding carboxylic acids is 1. The van der Waals surface area contributed by atoms with E-state index in [0.717, 1.165) is 32.6 Å². The van der Waals surface area contributed by atoms with Gasteiger partial charge in [-0.1, -0.05) is 13.8 Å². The first-order valence-electron chi connectivity index (χ1n) is 8.38. The Morgan fingerprint density at radius 2 is 1.87 bits per heavy atom. The van der Waals surface area contributed by atoms with E-state index in [4.69, 9.17) is 4.74 Å². The SMILES string of the molecule is CC1CN(C(C(=O)NCC2CCCN2)C(C)C)CC(C)O1.Cl.Cl. The summed E-state index contributed by atoms with van der Waals surface area (Å²) in [5.74, 6) is 0.471. The van der Waals surface area contributed by atoms with Crippen molar-refractivity contribution in [2.45, 2.75) is 64.8 Å². The summed E-state index contributed by atoms with van der Waals surface area (Å²) in [6.45, 7) is 11.9. The largest absolute Gasteiger partial charge is 0.373 e. The number of carbonyl (C=O) groups is 1. The lowest BCUT2D eigenvalue weighted by Crippen LogP contribution is -2.57. The highest BCUT2D eigenvalue weighted by atomic mass is 35.5. The molecule has 5 nitrogen and oxygen atoms in total. The van der Waals surface area contributed by atoms with Crippen LogP contribution in [0, 0.1) is 5.92 Å². The lowest BCUT2D eigenvalue weighted by molar-refractivity contribution is -0.135. The second kappa shape index (κ2) is 10.7. The first-order chi connectivity index (χ1) is 9.97. The quantitative estimate of drug-likeness (QED) is 0.776. The normalized spacial score (nSPS) is 29.5. The number of hydrogen-bond donors (Lipinski definition) is 2. The molecule has 2 fully saturated rings. The fraction of sp³-hybridized carbons (Fsp3) is 0.938. The van der Waals surface area contributed by atoms with E-state index < -0.39 is 0 Å². The zero-order chi connectivity index (χ0) is 15.4. The molecule has 7 heteroatoms. The summed E-state index contributed by atoms with van der Waals surface area (Å²) in [5.41, 5.74) is 0. The molecule has 0 aromatic rings. The number of nitrogens with zero attached hydrogens (tertiary/aromatic N) is 1. The third-order valence-corrected chi connectivity index (χ3v) is 4.43. The Morgan fingerprint density at radius 3 is 2.35 bits per heavy atom. The maximum atomic E-state index is 12.6. The first kappa shape index (κ1) is 22.9. The summed E-state index contributed by atoms with van der Waals surface area (Å²) >= 11 is 0. The van der Waals surface area contributed by atoms with Gasteiger partial charge in [-0.25, -0.2) is 0 Å². The van der Waals surface area contributed by atoms with Crippen LogP contribution >= 0.6 is 24.8 Å². The zero-order valence-corrected chi connectivity index (χ0v) is 16.3. The number of hydrogen-bond acceptors (Lipinski definition) is 4. The van der Waals surface area contributed by atoms with Gasteiger partial charge in [-0.15, -0.1) is 24.8 Å². The lowest BCUT2D eigenvalue weighted by Gasteiger charge is -2.41. The van der Waals surface area contributed by atoms with Crippen molar-refractivity contribution < 1.29 is 9.53 Å². The Labute approximate surface area is 153 Å². The van der Waals surface area contributed by atoms with Gasteiger partial charge in [0.15, 0.2) is 0 Å². The van der Waals surface area contributed by atoms with Crippen molar-refractivity contribution in [3.63, 3.8) is 0 Å². The van der Waals surface area contributed by atoms with E-state index in [1.807, 2.05) is 0 Å². The minimum absolute atomic E-state index is 0. The minimum Gasteiger partial charge on any atom is -0.373 e. The van der Waals surface area contributed by atoms with E-state index in [9.17, 15) is 4.79 Å². The summed E-state index contributed by atoms with van der Waals surface area (Å²) in [4.78, 5) is 14.9. The predicted molar refractivity (Wildman–Crippen MR) is 98.7 cm³/mol. The van der Waals surface area contributed by atoms with Crippen molar-refractivity contribution in [1.82, 2.24) is 15.5 Å². The molecule has 4 atom stereocenters. The number of rotatable bonds is 5. The highest BCUT2D eigenvalue weighted by molar-refractivity contribution is 5.85. The van der Waals surface area contributed by atoms with E-state index in [-0.39, 0.29) is 49.0 Å². The molecule has 0 radical (unpaired) electrons. The number of morpholine rings is 1. The highest BCUT2D eigenvalue weighted by Gasteiger charge is 2.34. The minimum atomic E-state index is -0.0554. The molecule has 2 aliphatic rings. The topological polar surface area (TPSA) is 53.6 Å². The molecule has 2 saturated heterocycles. The van der Waals surface area contributed by atoms with E-state index in [1.54, 1.807) is 0 Å². The Kier molecular flexibility index (Phi) is 10.7. The molecule has 0 aromatic carbocycles. The van der Waals surface area contributed by atoms with E-state index in [2.05, 4.69) is 43.2 Å². The molecule has 0 saturated carbocycles. The number of nitrogens with one attached hydrogen (secondary N) is 2. The van der Waals surface area contributed by atoms with Crippen LogP contribution in [0.25, 0.3) is 0 Å². The van der Waals surface area contributed by atoms with Gasteiger partial charge in [0.1, 0.15) is 0 Å². The monoisotopic (exact) mass is 369 g/mol. The van der Waals surface area contributed by atoms with Gasteiger partial charge >= 0.3 is 0 Å². The Bertz CT molecular complexity index is 342. The Balaban J connectivity index is 0.00000242. The summed E-state index contributed by atoms with van der Waals surface area (Å²) in [6.07, 6.45) is 2.77. The summed E-state index contributed by atoms with van der Waals surface area (Å²) in [5, 5.41) is 6.57. The van der Waals surface area contributed by atoms with Crippen molar-refractivity contribution in [2.75, 3.05) is 26.2 Å². The van der Waals surface area contributed by atoms with Gasteiger partial charge < -0.3 is 15.4 Å². The molecule has 138 valence electrons. The summed E-state index contributed by atoms with van der Waals surface area (Å²) < 4.78 is 5.78. The van der Waals surface area contributed by atoms with Crippen LogP contribution in [0.4, 0.5) is 0 Å². The molecule has 0 aliphatic carbocycles. The second-order valence-electron chi connectivity index (χ2n) is 6.94. The molecule has 2 aliphatic heterocycles. The summed E-state index contributed by atoms with van der Waals surface area (Å²) in [6, 6.07) is 0.393. The van der Waals surface area contributed by atoms with Crippen LogP contribution in [-0.4, -0.2) is 61.3 Å². The molecule has 0 spiro atoms. The third kappa shape index (κ3) is 6.75. The number of ether oxygens (including phenoxy) is 1. The fourth-order valence-corrected chi connectivity index (χ4v) is 3.59. The van der Waals surface area contributed by atoms with Gasteiger partial charge in [0.2, 0.25) is 5.91 Å². The zero-order valence-electron chi connectivity index (χ0n) is 14.7. The van der Waals surface area contributed by atoms with E-state index >= 15 is 0 Å². The van der Waals surface area contributed by atoms with Crippen LogP contribution in [0.5, 0.6) is 0 Å². The maximum Gasteiger partial charge on any atom is 0.237 e. The molecule has 23 heavy (non-hydrogen) atoms. The second-order valence-corrected chi connectivity index (χ2v) is 6.94. The molecule has 4 unspecified atom stereocenters. The van der Waals surface area contributed by atoms with Crippen molar-refractivity contribution in [3.8, 4) is 0 Å². The van der Waals surface area contributed by atoms with Crippen LogP contribution in [0.1, 0.15) is 40.5 Å². The first-order valence-corrected chi connectivity index (χ1v) is 8.38. The van der Waals surface area contributed by atoms with Gasteiger partial charge in [-0.3, -0.25) is 9.69 Å². The van der Waals surface area contributed by atoms with Crippen LogP contribution in [0.15, 0.2) is 0 Å². The standard InChI is InChI=1S/C16H31N3O2.2ClH/c1-11(2)15(19-9-12(3)21-13(4)10-19)16(20)18-8-14-6-5-7-17-14;;/h11-15,17H,5-10H2,1-4H3,(H,18,20);2*1H. The van der Waals surface area contributed by atoms with Gasteiger partial charge in [-0.05, 0) is 39.2 Å². The van der Waals surface area contributed by atoms with Crippen LogP contribution in [-0.2, 0) is 9.53 Å². The fourth-order valence-electron chi connectivity index (χ4n) is 3.59. The summed E-state index contributed by atoms with van der Waals surface area (Å²) in [7, 11) is 0. The van der Waals surface area contributed by atoms with Crippen molar-refractivity contribution in [2.24, 2.45) is 5.92 Å². The molecular formula is C16H33Cl2N3O2. The van der Waals surface area contributed by atoms with Crippen LogP contribution in [0.2, 0.25) is 0 Å². The van der Waals surface area contributed by atoms with Crippen molar-refractivity contribution in [3.05, 3.63) is 0 Å². The Morgan fingerprint density at radius 1 is 1.26 bits per heavy atom. The maximum absolute atomic E-state index is 12.6. The number of amides is 1. The number of halogens is 2. The highest BCUT2D eigenvalue weighted by Crippen LogP contribution is 2.18. The van der Waals surface area contributed by atoms with Crippen LogP contribution in [0.3, 0.4) is 0 Å². The molecule has 1 amide bonds. The molecule has 0 bridgehead atoms. The van der Waals surface area contributed by atoms with Gasteiger partial charge in [-0.2, -0.15) is 0 Å². The lowest BCUT2D eigenvalue weighted by atomic mass is 9.99. The molecule has 2 rings (SSSR count). The molecule has 2 N–H and O–H groups in total. The molecular weight excluding hydrogens is 337 g/mol.